The normalized spacial score (nSPS) is 10.5. The fraction of sp³-hybridized carbons (Fsp3) is 0.105. The van der Waals surface area contributed by atoms with Gasteiger partial charge >= 0.3 is 5.97 Å². The summed E-state index contributed by atoms with van der Waals surface area (Å²) < 4.78 is 4.66. The van der Waals surface area contributed by atoms with Crippen molar-refractivity contribution in [3.05, 3.63) is 59.1 Å². The van der Waals surface area contributed by atoms with Crippen LogP contribution in [0.2, 0.25) is 0 Å². The standard InChI is InChI=1S/C19H18N4O2S/c1-25-16(24)10-15-23-17(19(22)26-15)13-6-2-11(3-7-13)12-4-8-14(9-5-12)18(20)21/h2-9H,10,22H2,1H3,(H3,20,21). The second-order valence-electron chi connectivity index (χ2n) is 5.64. The molecule has 6 nitrogen and oxygen atoms in total. The summed E-state index contributed by atoms with van der Waals surface area (Å²) in [5.74, 6) is -0.289. The molecule has 0 spiro atoms. The zero-order valence-corrected chi connectivity index (χ0v) is 15.0. The molecular weight excluding hydrogens is 348 g/mol. The first-order valence-electron chi connectivity index (χ1n) is 7.85. The van der Waals surface area contributed by atoms with Gasteiger partial charge in [-0.1, -0.05) is 48.5 Å². The fourth-order valence-corrected chi connectivity index (χ4v) is 3.36. The van der Waals surface area contributed by atoms with Crippen LogP contribution in [0, 0.1) is 5.41 Å². The van der Waals surface area contributed by atoms with Crippen LogP contribution in [0.3, 0.4) is 0 Å². The summed E-state index contributed by atoms with van der Waals surface area (Å²) in [6.45, 7) is 0. The highest BCUT2D eigenvalue weighted by Gasteiger charge is 2.14. The second kappa shape index (κ2) is 7.37. The van der Waals surface area contributed by atoms with Crippen molar-refractivity contribution in [1.29, 1.82) is 5.41 Å². The maximum atomic E-state index is 11.4. The van der Waals surface area contributed by atoms with Crippen LogP contribution < -0.4 is 11.5 Å². The first kappa shape index (κ1) is 17.6. The molecule has 1 heterocycles. The van der Waals surface area contributed by atoms with Gasteiger partial charge in [0.2, 0.25) is 0 Å². The lowest BCUT2D eigenvalue weighted by atomic mass is 10.0. The van der Waals surface area contributed by atoms with Gasteiger partial charge in [0.25, 0.3) is 0 Å². The summed E-state index contributed by atoms with van der Waals surface area (Å²) in [5.41, 5.74) is 15.9. The van der Waals surface area contributed by atoms with Gasteiger partial charge in [-0.3, -0.25) is 10.2 Å². The van der Waals surface area contributed by atoms with Crippen LogP contribution >= 0.6 is 11.3 Å². The third kappa shape index (κ3) is 3.73. The lowest BCUT2D eigenvalue weighted by Gasteiger charge is -2.05. The van der Waals surface area contributed by atoms with E-state index in [1.165, 1.54) is 18.4 Å². The van der Waals surface area contributed by atoms with E-state index in [1.807, 2.05) is 48.5 Å². The summed E-state index contributed by atoms with van der Waals surface area (Å²) in [4.78, 5) is 15.8. The number of amidine groups is 1. The van der Waals surface area contributed by atoms with Crippen LogP contribution in [0.1, 0.15) is 10.6 Å². The van der Waals surface area contributed by atoms with Gasteiger partial charge in [0, 0.05) is 11.1 Å². The molecule has 1 aromatic heterocycles. The van der Waals surface area contributed by atoms with E-state index in [4.69, 9.17) is 16.9 Å². The van der Waals surface area contributed by atoms with Crippen molar-refractivity contribution in [1.82, 2.24) is 4.98 Å². The predicted octanol–water partition coefficient (Wildman–Crippen LogP) is 3.06. The number of methoxy groups -OCH3 is 1. The zero-order chi connectivity index (χ0) is 18.7. The second-order valence-corrected chi connectivity index (χ2v) is 6.76. The van der Waals surface area contributed by atoms with Crippen molar-refractivity contribution in [2.45, 2.75) is 6.42 Å². The van der Waals surface area contributed by atoms with Gasteiger partial charge in [-0.05, 0) is 11.1 Å². The first-order chi connectivity index (χ1) is 12.5. The van der Waals surface area contributed by atoms with E-state index in [-0.39, 0.29) is 18.2 Å². The van der Waals surface area contributed by atoms with Gasteiger partial charge in [0.1, 0.15) is 21.5 Å². The molecule has 132 valence electrons. The van der Waals surface area contributed by atoms with Crippen molar-refractivity contribution >= 4 is 28.1 Å². The lowest BCUT2D eigenvalue weighted by Crippen LogP contribution is -2.10. The Morgan fingerprint density at radius 2 is 1.62 bits per heavy atom. The number of carbonyl (C=O) groups excluding carboxylic acids is 1. The van der Waals surface area contributed by atoms with Gasteiger partial charge < -0.3 is 16.2 Å². The van der Waals surface area contributed by atoms with E-state index in [1.54, 1.807) is 0 Å². The van der Waals surface area contributed by atoms with Crippen LogP contribution in [0.4, 0.5) is 5.00 Å². The number of nitrogens with two attached hydrogens (primary N) is 2. The smallest absolute Gasteiger partial charge is 0.312 e. The van der Waals surface area contributed by atoms with Gasteiger partial charge in [-0.2, -0.15) is 0 Å². The molecule has 0 aliphatic carbocycles. The number of esters is 1. The van der Waals surface area contributed by atoms with Gasteiger partial charge in [0.15, 0.2) is 0 Å². The van der Waals surface area contributed by atoms with E-state index >= 15 is 0 Å². The van der Waals surface area contributed by atoms with E-state index in [2.05, 4.69) is 9.72 Å². The van der Waals surface area contributed by atoms with Crippen LogP contribution in [-0.4, -0.2) is 23.9 Å². The number of nitrogens with zero attached hydrogens (tertiary/aromatic N) is 1. The molecule has 0 fully saturated rings. The van der Waals surface area contributed by atoms with Crippen molar-refractivity contribution in [3.63, 3.8) is 0 Å². The number of hydrogen-bond donors (Lipinski definition) is 3. The molecule has 3 rings (SSSR count). The number of anilines is 1. The molecule has 0 bridgehead atoms. The number of nitrogen functional groups attached to an aromatic ring is 2. The Labute approximate surface area is 155 Å². The zero-order valence-electron chi connectivity index (χ0n) is 14.2. The number of ether oxygens (including phenoxy) is 1. The Bertz CT molecular complexity index is 947. The van der Waals surface area contributed by atoms with Crippen LogP contribution in [0.15, 0.2) is 48.5 Å². The Balaban J connectivity index is 1.83. The molecule has 0 unspecified atom stereocenters. The molecule has 5 N–H and O–H groups in total. The highest BCUT2D eigenvalue weighted by molar-refractivity contribution is 7.16. The van der Waals surface area contributed by atoms with E-state index < -0.39 is 0 Å². The van der Waals surface area contributed by atoms with E-state index in [9.17, 15) is 4.79 Å². The van der Waals surface area contributed by atoms with E-state index in [0.717, 1.165) is 16.7 Å². The molecule has 0 atom stereocenters. The Kier molecular flexibility index (Phi) is 4.99. The molecule has 0 amide bonds. The predicted molar refractivity (Wildman–Crippen MR) is 104 cm³/mol. The van der Waals surface area contributed by atoms with Crippen molar-refractivity contribution < 1.29 is 9.53 Å². The minimum absolute atomic E-state index is 0.0497. The molecule has 0 aliphatic rings. The van der Waals surface area contributed by atoms with Gasteiger partial charge in [-0.15, -0.1) is 11.3 Å². The third-order valence-corrected chi connectivity index (χ3v) is 4.79. The van der Waals surface area contributed by atoms with Gasteiger partial charge in [-0.25, -0.2) is 4.98 Å². The number of carbonyl (C=O) groups is 1. The highest BCUT2D eigenvalue weighted by atomic mass is 32.1. The van der Waals surface area contributed by atoms with Gasteiger partial charge in [0.05, 0.1) is 13.5 Å². The van der Waals surface area contributed by atoms with Crippen LogP contribution in [-0.2, 0) is 16.0 Å². The molecule has 0 saturated heterocycles. The van der Waals surface area contributed by atoms with Crippen molar-refractivity contribution in [2.24, 2.45) is 5.73 Å². The minimum Gasteiger partial charge on any atom is -0.469 e. The molecular formula is C19H18N4O2S. The fourth-order valence-electron chi connectivity index (χ4n) is 2.52. The van der Waals surface area contributed by atoms with Crippen molar-refractivity contribution in [2.75, 3.05) is 12.8 Å². The molecule has 0 aliphatic heterocycles. The maximum Gasteiger partial charge on any atom is 0.312 e. The maximum absolute atomic E-state index is 11.4. The molecule has 7 heteroatoms. The number of benzene rings is 2. The summed E-state index contributed by atoms with van der Waals surface area (Å²) in [7, 11) is 1.35. The topological polar surface area (TPSA) is 115 Å². The largest absolute Gasteiger partial charge is 0.469 e. The highest BCUT2D eigenvalue weighted by Crippen LogP contribution is 2.32. The number of aromatic nitrogens is 1. The van der Waals surface area contributed by atoms with Crippen molar-refractivity contribution in [3.8, 4) is 22.4 Å². The average Bonchev–Trinajstić information content (AvgIpc) is 3.02. The molecule has 0 saturated carbocycles. The third-order valence-electron chi connectivity index (χ3n) is 3.91. The number of rotatable bonds is 5. The quantitative estimate of drug-likeness (QED) is 0.365. The minimum atomic E-state index is -0.338. The number of nitrogens with one attached hydrogen (secondary N) is 1. The molecule has 26 heavy (non-hydrogen) atoms. The lowest BCUT2D eigenvalue weighted by molar-refractivity contribution is -0.139. The Morgan fingerprint density at radius 1 is 1.08 bits per heavy atom. The SMILES string of the molecule is COC(=O)Cc1nc(-c2ccc(-c3ccc(C(=N)N)cc3)cc2)c(N)s1. The first-order valence-corrected chi connectivity index (χ1v) is 8.67. The summed E-state index contributed by atoms with van der Waals surface area (Å²) in [6.07, 6.45) is 0.117. The molecule has 2 aromatic carbocycles. The van der Waals surface area contributed by atoms with Crippen LogP contribution in [0.5, 0.6) is 0 Å². The molecule has 3 aromatic rings. The average molecular weight is 366 g/mol. The van der Waals surface area contributed by atoms with Crippen LogP contribution in [0.25, 0.3) is 22.4 Å². The Hall–Kier alpha value is -3.19. The number of hydrogen-bond acceptors (Lipinski definition) is 6. The summed E-state index contributed by atoms with van der Waals surface area (Å²) in [5, 5.41) is 8.65. The van der Waals surface area contributed by atoms with E-state index in [0.29, 0.717) is 21.3 Å². The Morgan fingerprint density at radius 3 is 2.15 bits per heavy atom. The summed E-state index contributed by atoms with van der Waals surface area (Å²) in [6, 6.07) is 15.4. The molecule has 0 radical (unpaired) electrons. The summed E-state index contributed by atoms with van der Waals surface area (Å²) >= 11 is 1.29. The number of thiazole rings is 1. The monoisotopic (exact) mass is 366 g/mol.